The van der Waals surface area contributed by atoms with Gasteiger partial charge in [0.15, 0.2) is 0 Å². The largest absolute Gasteiger partial charge is 0.493 e. The second-order valence-electron chi connectivity index (χ2n) is 6.09. The van der Waals surface area contributed by atoms with Crippen molar-refractivity contribution >= 4 is 17.5 Å². The zero-order chi connectivity index (χ0) is 16.9. The molecular formula is C19H21ClN2O2. The molecule has 0 unspecified atom stereocenters. The Hall–Kier alpha value is -2.04. The van der Waals surface area contributed by atoms with Crippen LogP contribution in [0.1, 0.15) is 23.6 Å². The molecule has 1 atom stereocenters. The summed E-state index contributed by atoms with van der Waals surface area (Å²) in [4.78, 5) is 14.4. The monoisotopic (exact) mass is 344 g/mol. The van der Waals surface area contributed by atoms with E-state index >= 15 is 0 Å². The van der Waals surface area contributed by atoms with Crippen LogP contribution < -0.4 is 10.1 Å². The van der Waals surface area contributed by atoms with Crippen LogP contribution in [-0.4, -0.2) is 31.0 Å². The van der Waals surface area contributed by atoms with Gasteiger partial charge in [-0.25, -0.2) is 0 Å². The van der Waals surface area contributed by atoms with E-state index in [0.29, 0.717) is 19.7 Å². The van der Waals surface area contributed by atoms with Crippen LogP contribution in [0.15, 0.2) is 48.5 Å². The normalized spacial score (nSPS) is 16.4. The average Bonchev–Trinajstić information content (AvgIpc) is 2.57. The molecule has 24 heavy (non-hydrogen) atoms. The Morgan fingerprint density at radius 2 is 2.00 bits per heavy atom. The van der Waals surface area contributed by atoms with E-state index in [1.165, 1.54) is 0 Å². The molecule has 1 heterocycles. The van der Waals surface area contributed by atoms with E-state index in [1.807, 2.05) is 60.5 Å². The van der Waals surface area contributed by atoms with Gasteiger partial charge in [0.2, 0.25) is 5.91 Å². The molecule has 1 N–H and O–H groups in total. The molecule has 0 spiro atoms. The molecule has 0 fully saturated rings. The minimum atomic E-state index is 0.0198. The number of rotatable bonds is 5. The third kappa shape index (κ3) is 4.28. The summed E-state index contributed by atoms with van der Waals surface area (Å²) >= 11 is 5.89. The molecule has 1 amide bonds. The predicted octanol–water partition coefficient (Wildman–Crippen LogP) is 3.41. The van der Waals surface area contributed by atoms with Gasteiger partial charge in [0.05, 0.1) is 19.2 Å². The van der Waals surface area contributed by atoms with E-state index in [1.54, 1.807) is 0 Å². The highest BCUT2D eigenvalue weighted by Gasteiger charge is 2.22. The van der Waals surface area contributed by atoms with Crippen molar-refractivity contribution in [3.05, 3.63) is 64.7 Å². The van der Waals surface area contributed by atoms with Crippen LogP contribution >= 0.6 is 11.6 Å². The first-order valence-electron chi connectivity index (χ1n) is 8.06. The number of halogens is 1. The molecule has 5 heteroatoms. The minimum Gasteiger partial charge on any atom is -0.493 e. The zero-order valence-corrected chi connectivity index (χ0v) is 14.4. The van der Waals surface area contributed by atoms with Crippen molar-refractivity contribution in [3.8, 4) is 5.75 Å². The first kappa shape index (κ1) is 16.8. The van der Waals surface area contributed by atoms with E-state index in [4.69, 9.17) is 16.3 Å². The lowest BCUT2D eigenvalue weighted by molar-refractivity contribution is -0.123. The maximum absolute atomic E-state index is 12.4. The van der Waals surface area contributed by atoms with Gasteiger partial charge in [-0.05, 0) is 30.8 Å². The molecule has 0 radical (unpaired) electrons. The third-order valence-corrected chi connectivity index (χ3v) is 4.32. The molecule has 1 aliphatic heterocycles. The Morgan fingerprint density at radius 1 is 1.25 bits per heavy atom. The van der Waals surface area contributed by atoms with Crippen molar-refractivity contribution in [2.75, 3.05) is 20.2 Å². The highest BCUT2D eigenvalue weighted by Crippen LogP contribution is 2.31. The van der Waals surface area contributed by atoms with Gasteiger partial charge < -0.3 is 10.1 Å². The first-order chi connectivity index (χ1) is 11.6. The van der Waals surface area contributed by atoms with Crippen molar-refractivity contribution in [1.29, 1.82) is 0 Å². The number of nitrogens with one attached hydrogen (secondary N) is 1. The number of para-hydroxylation sites is 1. The standard InChI is InChI=1S/C19H21ClN2O2/c1-22(12-14-6-8-15(20)9-7-14)13-19(23)21-17-10-11-24-18-5-3-2-4-16(17)18/h2-9,17H,10-13H2,1H3,(H,21,23)/t17-/m1/s1. The van der Waals surface area contributed by atoms with Crippen LogP contribution in [0, 0.1) is 0 Å². The van der Waals surface area contributed by atoms with Gasteiger partial charge in [-0.15, -0.1) is 0 Å². The summed E-state index contributed by atoms with van der Waals surface area (Å²) in [5.74, 6) is 0.886. The lowest BCUT2D eigenvalue weighted by atomic mass is 10.0. The zero-order valence-electron chi connectivity index (χ0n) is 13.7. The molecule has 3 rings (SSSR count). The number of ether oxygens (including phenoxy) is 1. The predicted molar refractivity (Wildman–Crippen MR) is 95.2 cm³/mol. The van der Waals surface area contributed by atoms with Crippen LogP contribution in [0.4, 0.5) is 0 Å². The van der Waals surface area contributed by atoms with Gasteiger partial charge in [0.25, 0.3) is 0 Å². The number of carbonyl (C=O) groups is 1. The number of hydrogen-bond acceptors (Lipinski definition) is 3. The first-order valence-corrected chi connectivity index (χ1v) is 8.43. The van der Waals surface area contributed by atoms with Crippen LogP contribution in [0.5, 0.6) is 5.75 Å². The van der Waals surface area contributed by atoms with E-state index in [-0.39, 0.29) is 11.9 Å². The fourth-order valence-corrected chi connectivity index (χ4v) is 3.06. The maximum atomic E-state index is 12.4. The summed E-state index contributed by atoms with van der Waals surface area (Å²) in [5.41, 5.74) is 2.18. The van der Waals surface area contributed by atoms with Gasteiger partial charge >= 0.3 is 0 Å². The summed E-state index contributed by atoms with van der Waals surface area (Å²) in [7, 11) is 1.94. The van der Waals surface area contributed by atoms with E-state index in [9.17, 15) is 4.79 Å². The van der Waals surface area contributed by atoms with Gasteiger partial charge in [-0.3, -0.25) is 9.69 Å². The lowest BCUT2D eigenvalue weighted by Gasteiger charge is -2.27. The molecule has 0 saturated carbocycles. The molecular weight excluding hydrogens is 324 g/mol. The topological polar surface area (TPSA) is 41.6 Å². The second kappa shape index (κ2) is 7.69. The van der Waals surface area contributed by atoms with Crippen LogP contribution in [0.2, 0.25) is 5.02 Å². The number of amides is 1. The molecule has 0 saturated heterocycles. The van der Waals surface area contributed by atoms with Crippen molar-refractivity contribution in [1.82, 2.24) is 10.2 Å². The number of nitrogens with zero attached hydrogens (tertiary/aromatic N) is 1. The van der Waals surface area contributed by atoms with Crippen molar-refractivity contribution in [2.45, 2.75) is 19.0 Å². The molecule has 2 aromatic rings. The van der Waals surface area contributed by atoms with Crippen LogP contribution in [0.25, 0.3) is 0 Å². The quantitative estimate of drug-likeness (QED) is 0.903. The molecule has 0 bridgehead atoms. The van der Waals surface area contributed by atoms with Gasteiger partial charge in [-0.2, -0.15) is 0 Å². The molecule has 0 aliphatic carbocycles. The number of benzene rings is 2. The Morgan fingerprint density at radius 3 is 2.79 bits per heavy atom. The van der Waals surface area contributed by atoms with Crippen molar-refractivity contribution in [3.63, 3.8) is 0 Å². The van der Waals surface area contributed by atoms with Gasteiger partial charge in [-0.1, -0.05) is 41.9 Å². The number of fused-ring (bicyclic) bond motifs is 1. The minimum absolute atomic E-state index is 0.0198. The molecule has 126 valence electrons. The highest BCUT2D eigenvalue weighted by atomic mass is 35.5. The molecule has 4 nitrogen and oxygen atoms in total. The summed E-state index contributed by atoms with van der Waals surface area (Å²) in [6, 6.07) is 15.6. The highest BCUT2D eigenvalue weighted by molar-refractivity contribution is 6.30. The summed E-state index contributed by atoms with van der Waals surface area (Å²) < 4.78 is 5.63. The fourth-order valence-electron chi connectivity index (χ4n) is 2.93. The average molecular weight is 345 g/mol. The molecule has 1 aliphatic rings. The molecule has 0 aromatic heterocycles. The van der Waals surface area contributed by atoms with Gasteiger partial charge in [0, 0.05) is 23.6 Å². The summed E-state index contributed by atoms with van der Waals surface area (Å²) in [6.45, 7) is 1.68. The Bertz CT molecular complexity index is 703. The van der Waals surface area contributed by atoms with E-state index < -0.39 is 0 Å². The van der Waals surface area contributed by atoms with E-state index in [0.717, 1.165) is 28.3 Å². The second-order valence-corrected chi connectivity index (χ2v) is 6.53. The Kier molecular flexibility index (Phi) is 5.38. The SMILES string of the molecule is CN(CC(=O)N[C@@H]1CCOc2ccccc21)Cc1ccc(Cl)cc1. The third-order valence-electron chi connectivity index (χ3n) is 4.07. The maximum Gasteiger partial charge on any atom is 0.234 e. The van der Waals surface area contributed by atoms with Crippen molar-refractivity contribution in [2.24, 2.45) is 0 Å². The molecule has 2 aromatic carbocycles. The lowest BCUT2D eigenvalue weighted by Crippen LogP contribution is -2.38. The summed E-state index contributed by atoms with van der Waals surface area (Å²) in [5, 5.41) is 3.84. The fraction of sp³-hybridized carbons (Fsp3) is 0.316. The van der Waals surface area contributed by atoms with Crippen LogP contribution in [0.3, 0.4) is 0 Å². The number of likely N-dealkylation sites (N-methyl/N-ethyl adjacent to an activating group) is 1. The van der Waals surface area contributed by atoms with Crippen molar-refractivity contribution < 1.29 is 9.53 Å². The van der Waals surface area contributed by atoms with Gasteiger partial charge in [0.1, 0.15) is 5.75 Å². The summed E-state index contributed by atoms with van der Waals surface area (Å²) in [6.07, 6.45) is 0.795. The van der Waals surface area contributed by atoms with E-state index in [2.05, 4.69) is 5.32 Å². The van der Waals surface area contributed by atoms with Crippen LogP contribution in [-0.2, 0) is 11.3 Å². The Balaban J connectivity index is 1.55. The smallest absolute Gasteiger partial charge is 0.234 e. The number of hydrogen-bond donors (Lipinski definition) is 1. The Labute approximate surface area is 147 Å². The number of carbonyl (C=O) groups excluding carboxylic acids is 1.